The molecule has 0 atom stereocenters. The lowest BCUT2D eigenvalue weighted by Crippen LogP contribution is -2.39. The van der Waals surface area contributed by atoms with Crippen molar-refractivity contribution in [3.05, 3.63) is 65.7 Å². The van der Waals surface area contributed by atoms with Gasteiger partial charge in [-0.25, -0.2) is 0 Å². The van der Waals surface area contributed by atoms with Crippen LogP contribution in [0.2, 0.25) is 0 Å². The number of para-hydroxylation sites is 1. The Morgan fingerprint density at radius 2 is 1.73 bits per heavy atom. The number of carbonyl (C=O) groups is 3. The van der Waals surface area contributed by atoms with E-state index in [-0.39, 0.29) is 37.9 Å². The summed E-state index contributed by atoms with van der Waals surface area (Å²) in [6, 6.07) is 16.4. The molecule has 0 bridgehead atoms. The predicted octanol–water partition coefficient (Wildman–Crippen LogP) is 2.24. The molecule has 1 aliphatic rings. The summed E-state index contributed by atoms with van der Waals surface area (Å²) in [5, 5.41) is 0. The van der Waals surface area contributed by atoms with E-state index in [9.17, 15) is 14.4 Å². The number of anilines is 1. The average molecular weight is 352 g/mol. The van der Waals surface area contributed by atoms with Crippen LogP contribution in [0.4, 0.5) is 5.69 Å². The van der Waals surface area contributed by atoms with Gasteiger partial charge in [0.2, 0.25) is 5.91 Å². The third-order valence-electron chi connectivity index (χ3n) is 4.31. The van der Waals surface area contributed by atoms with Crippen molar-refractivity contribution >= 4 is 23.5 Å². The van der Waals surface area contributed by atoms with Crippen molar-refractivity contribution in [2.45, 2.75) is 13.0 Å². The molecule has 0 aliphatic carbocycles. The first-order chi connectivity index (χ1) is 12.6. The predicted molar refractivity (Wildman–Crippen MR) is 96.6 cm³/mol. The van der Waals surface area contributed by atoms with Gasteiger partial charge in [0.1, 0.15) is 13.2 Å². The second kappa shape index (κ2) is 7.82. The molecule has 2 aromatic rings. The van der Waals surface area contributed by atoms with E-state index in [2.05, 4.69) is 0 Å². The minimum Gasteiger partial charge on any atom is -0.461 e. The summed E-state index contributed by atoms with van der Waals surface area (Å²) in [7, 11) is 1.64. The van der Waals surface area contributed by atoms with Crippen molar-refractivity contribution in [3.63, 3.8) is 0 Å². The number of ether oxygens (including phenoxy) is 1. The fourth-order valence-corrected chi connectivity index (χ4v) is 2.81. The molecule has 3 rings (SSSR count). The minimum atomic E-state index is -0.403. The third-order valence-corrected chi connectivity index (χ3v) is 4.31. The number of rotatable bonds is 5. The number of fused-ring (bicyclic) bond motifs is 1. The molecule has 6 nitrogen and oxygen atoms in total. The van der Waals surface area contributed by atoms with Crippen molar-refractivity contribution in [2.24, 2.45) is 0 Å². The van der Waals surface area contributed by atoms with Gasteiger partial charge in [0.05, 0.1) is 17.7 Å². The average Bonchev–Trinajstić information content (AvgIpc) is 2.76. The molecule has 0 aromatic heterocycles. The Morgan fingerprint density at radius 3 is 2.50 bits per heavy atom. The molecule has 0 saturated carbocycles. The van der Waals surface area contributed by atoms with Gasteiger partial charge in [-0.05, 0) is 17.7 Å². The lowest BCUT2D eigenvalue weighted by Gasteiger charge is -2.19. The number of likely N-dealkylation sites (N-methyl/N-ethyl adjacent to an activating group) is 1. The number of hydrogen-bond donors (Lipinski definition) is 0. The number of hydrogen-bond acceptors (Lipinski definition) is 4. The molecule has 2 aromatic carbocycles. The van der Waals surface area contributed by atoms with Crippen LogP contribution < -0.4 is 4.90 Å². The topological polar surface area (TPSA) is 66.9 Å². The SMILES string of the molecule is CN1C(=O)CN(CCC(=O)OCc2ccccc2)C(=O)c2ccccc21. The lowest BCUT2D eigenvalue weighted by atomic mass is 10.1. The summed E-state index contributed by atoms with van der Waals surface area (Å²) in [4.78, 5) is 39.9. The van der Waals surface area contributed by atoms with E-state index in [4.69, 9.17) is 4.74 Å². The van der Waals surface area contributed by atoms with Crippen LogP contribution in [0.25, 0.3) is 0 Å². The molecular weight excluding hydrogens is 332 g/mol. The molecule has 0 saturated heterocycles. The molecule has 6 heteroatoms. The summed E-state index contributed by atoms with van der Waals surface area (Å²) < 4.78 is 5.23. The highest BCUT2D eigenvalue weighted by atomic mass is 16.5. The summed E-state index contributed by atoms with van der Waals surface area (Å²) in [5.74, 6) is -0.852. The Kier molecular flexibility index (Phi) is 5.31. The van der Waals surface area contributed by atoms with Crippen LogP contribution in [0, 0.1) is 0 Å². The van der Waals surface area contributed by atoms with E-state index in [1.165, 1.54) is 9.80 Å². The zero-order chi connectivity index (χ0) is 18.5. The molecule has 1 heterocycles. The standard InChI is InChI=1S/C20H20N2O4/c1-21-17-10-6-5-9-16(17)20(25)22(13-18(21)23)12-11-19(24)26-14-15-7-3-2-4-8-15/h2-10H,11-14H2,1H3. The maximum Gasteiger partial charge on any atom is 0.307 e. The molecule has 0 spiro atoms. The molecule has 0 radical (unpaired) electrons. The second-order valence-corrected chi connectivity index (χ2v) is 6.09. The van der Waals surface area contributed by atoms with Crippen LogP contribution in [-0.4, -0.2) is 42.8 Å². The smallest absolute Gasteiger partial charge is 0.307 e. The van der Waals surface area contributed by atoms with Gasteiger partial charge in [0.15, 0.2) is 0 Å². The van der Waals surface area contributed by atoms with Crippen LogP contribution in [0.3, 0.4) is 0 Å². The normalized spacial score (nSPS) is 14.0. The first kappa shape index (κ1) is 17.7. The van der Waals surface area contributed by atoms with E-state index >= 15 is 0 Å². The molecule has 1 aliphatic heterocycles. The van der Waals surface area contributed by atoms with Crippen molar-refractivity contribution < 1.29 is 19.1 Å². The number of nitrogens with zero attached hydrogens (tertiary/aromatic N) is 2. The summed E-state index contributed by atoms with van der Waals surface area (Å²) in [5.41, 5.74) is 1.94. The molecule has 2 amide bonds. The summed E-state index contributed by atoms with van der Waals surface area (Å²) >= 11 is 0. The first-order valence-electron chi connectivity index (χ1n) is 8.40. The summed E-state index contributed by atoms with van der Waals surface area (Å²) in [6.07, 6.45) is 0.0394. The maximum atomic E-state index is 12.7. The van der Waals surface area contributed by atoms with Crippen LogP contribution in [0.15, 0.2) is 54.6 Å². The number of carbonyl (C=O) groups excluding carboxylic acids is 3. The highest BCUT2D eigenvalue weighted by molar-refractivity contribution is 6.09. The van der Waals surface area contributed by atoms with E-state index in [1.54, 1.807) is 31.3 Å². The highest BCUT2D eigenvalue weighted by Gasteiger charge is 2.29. The molecule has 134 valence electrons. The van der Waals surface area contributed by atoms with E-state index in [0.717, 1.165) is 5.56 Å². The monoisotopic (exact) mass is 352 g/mol. The van der Waals surface area contributed by atoms with Gasteiger partial charge in [-0.1, -0.05) is 42.5 Å². The zero-order valence-electron chi connectivity index (χ0n) is 14.6. The molecular formula is C20H20N2O4. The number of benzene rings is 2. The van der Waals surface area contributed by atoms with Gasteiger partial charge in [-0.15, -0.1) is 0 Å². The van der Waals surface area contributed by atoms with Crippen molar-refractivity contribution in [1.82, 2.24) is 4.90 Å². The number of amides is 2. The minimum absolute atomic E-state index is 0.0394. The van der Waals surface area contributed by atoms with Crippen molar-refractivity contribution in [2.75, 3.05) is 25.0 Å². The molecule has 0 N–H and O–H groups in total. The number of esters is 1. The van der Waals surface area contributed by atoms with Gasteiger partial charge < -0.3 is 14.5 Å². The van der Waals surface area contributed by atoms with E-state index in [0.29, 0.717) is 11.3 Å². The molecule has 26 heavy (non-hydrogen) atoms. The van der Waals surface area contributed by atoms with Crippen LogP contribution >= 0.6 is 0 Å². The zero-order valence-corrected chi connectivity index (χ0v) is 14.6. The van der Waals surface area contributed by atoms with E-state index in [1.807, 2.05) is 30.3 Å². The van der Waals surface area contributed by atoms with Crippen LogP contribution in [-0.2, 0) is 20.9 Å². The molecule has 0 unspecified atom stereocenters. The van der Waals surface area contributed by atoms with Crippen LogP contribution in [0.1, 0.15) is 22.3 Å². The third kappa shape index (κ3) is 3.91. The fraction of sp³-hybridized carbons (Fsp3) is 0.250. The van der Waals surface area contributed by atoms with E-state index < -0.39 is 5.97 Å². The van der Waals surface area contributed by atoms with Gasteiger partial charge in [-0.2, -0.15) is 0 Å². The fourth-order valence-electron chi connectivity index (χ4n) is 2.81. The Labute approximate surface area is 152 Å². The Bertz CT molecular complexity index is 820. The first-order valence-corrected chi connectivity index (χ1v) is 8.40. The lowest BCUT2D eigenvalue weighted by molar-refractivity contribution is -0.145. The van der Waals surface area contributed by atoms with Gasteiger partial charge in [0, 0.05) is 13.6 Å². The largest absolute Gasteiger partial charge is 0.461 e. The Morgan fingerprint density at radius 1 is 1.04 bits per heavy atom. The second-order valence-electron chi connectivity index (χ2n) is 6.09. The van der Waals surface area contributed by atoms with Gasteiger partial charge in [-0.3, -0.25) is 14.4 Å². The van der Waals surface area contributed by atoms with Gasteiger partial charge >= 0.3 is 5.97 Å². The quantitative estimate of drug-likeness (QED) is 0.774. The Balaban J connectivity index is 1.61. The highest BCUT2D eigenvalue weighted by Crippen LogP contribution is 2.24. The van der Waals surface area contributed by atoms with Crippen molar-refractivity contribution in [1.29, 1.82) is 0 Å². The maximum absolute atomic E-state index is 12.7. The molecule has 0 fully saturated rings. The van der Waals surface area contributed by atoms with Gasteiger partial charge in [0.25, 0.3) is 5.91 Å². The summed E-state index contributed by atoms with van der Waals surface area (Å²) in [6.45, 7) is 0.272. The Hall–Kier alpha value is -3.15. The van der Waals surface area contributed by atoms with Crippen molar-refractivity contribution in [3.8, 4) is 0 Å². The van der Waals surface area contributed by atoms with Crippen LogP contribution in [0.5, 0.6) is 0 Å².